The Kier molecular flexibility index (Phi) is 11.1. The molecular formula is C54H61BN2+. The maximum Gasteiger partial charge on any atom is 0.279 e. The van der Waals surface area contributed by atoms with Gasteiger partial charge in [0.05, 0.1) is 6.20 Å². The van der Waals surface area contributed by atoms with Gasteiger partial charge in [0.2, 0.25) is 0 Å². The number of allylic oxidation sites excluding steroid dienone is 13. The van der Waals surface area contributed by atoms with Gasteiger partial charge in [-0.1, -0.05) is 158 Å². The summed E-state index contributed by atoms with van der Waals surface area (Å²) < 4.78 is 2.49. The molecule has 289 valence electrons. The average molecular weight is 749 g/mol. The van der Waals surface area contributed by atoms with Gasteiger partial charge in [0.1, 0.15) is 18.3 Å². The van der Waals surface area contributed by atoms with Crippen molar-refractivity contribution in [2.45, 2.75) is 117 Å². The van der Waals surface area contributed by atoms with Gasteiger partial charge in [0, 0.05) is 17.3 Å². The lowest BCUT2D eigenvalue weighted by atomic mass is 9.64. The van der Waals surface area contributed by atoms with E-state index in [0.717, 1.165) is 51.4 Å². The molecular weight excluding hydrogens is 687 g/mol. The topological polar surface area (TPSA) is 6.25 Å². The van der Waals surface area contributed by atoms with Crippen LogP contribution in [0.1, 0.15) is 115 Å². The summed E-state index contributed by atoms with van der Waals surface area (Å²) in [5.41, 5.74) is 15.8. The molecule has 0 saturated carbocycles. The van der Waals surface area contributed by atoms with Gasteiger partial charge in [-0.25, -0.2) is 9.48 Å². The van der Waals surface area contributed by atoms with Gasteiger partial charge >= 0.3 is 0 Å². The fraction of sp³-hybridized carbons (Fsp3) is 0.352. The third-order valence-corrected chi connectivity index (χ3v) is 12.4. The number of rotatable bonds is 10. The van der Waals surface area contributed by atoms with Gasteiger partial charge in [0.25, 0.3) is 5.84 Å². The number of hydrogen-bond donors (Lipinski definition) is 0. The Morgan fingerprint density at radius 3 is 2.44 bits per heavy atom. The third-order valence-electron chi connectivity index (χ3n) is 12.4. The molecule has 3 heteroatoms. The molecule has 0 saturated heterocycles. The van der Waals surface area contributed by atoms with E-state index >= 15 is 0 Å². The lowest BCUT2D eigenvalue weighted by Gasteiger charge is -2.35. The highest BCUT2D eigenvalue weighted by atomic mass is 15.3. The van der Waals surface area contributed by atoms with E-state index < -0.39 is 0 Å². The monoisotopic (exact) mass is 748 g/mol. The Morgan fingerprint density at radius 2 is 1.65 bits per heavy atom. The van der Waals surface area contributed by atoms with E-state index in [1.807, 2.05) is 0 Å². The van der Waals surface area contributed by atoms with Crippen LogP contribution in [-0.2, 0) is 17.3 Å². The van der Waals surface area contributed by atoms with E-state index in [1.54, 1.807) is 5.57 Å². The van der Waals surface area contributed by atoms with Crippen molar-refractivity contribution < 1.29 is 4.58 Å². The Hall–Kier alpha value is -4.89. The van der Waals surface area contributed by atoms with Crippen molar-refractivity contribution in [2.24, 2.45) is 0 Å². The van der Waals surface area contributed by atoms with Crippen molar-refractivity contribution >= 4 is 40.7 Å². The van der Waals surface area contributed by atoms with Crippen molar-refractivity contribution in [3.8, 4) is 0 Å². The highest BCUT2D eigenvalue weighted by Crippen LogP contribution is 2.45. The van der Waals surface area contributed by atoms with Crippen LogP contribution in [0.25, 0.3) is 21.9 Å². The lowest BCUT2D eigenvalue weighted by Crippen LogP contribution is -2.50. The second kappa shape index (κ2) is 16.2. The zero-order valence-corrected chi connectivity index (χ0v) is 35.5. The largest absolute Gasteiger partial charge is 0.279 e. The lowest BCUT2D eigenvalue weighted by molar-refractivity contribution is -0.457. The second-order valence-corrected chi connectivity index (χ2v) is 18.6. The molecule has 0 N–H and O–H groups in total. The minimum atomic E-state index is -0.00681. The molecule has 3 aromatic carbocycles. The Bertz CT molecular complexity index is 2380. The Morgan fingerprint density at radius 1 is 0.842 bits per heavy atom. The summed E-state index contributed by atoms with van der Waals surface area (Å²) in [5, 5.41) is 2.63. The molecule has 2 nitrogen and oxygen atoms in total. The predicted molar refractivity (Wildman–Crippen MR) is 249 cm³/mol. The summed E-state index contributed by atoms with van der Waals surface area (Å²) in [6.45, 7) is 17.1. The standard InChI is InChI=1S/C54H61BN2/c1-8-55-50-37-56(31-17-10-9-12-20-38-21-13-11-14-22-38)52(50)57(51-36-43(54(5,6)7)32-41-29-30-42(35-48(41)51)53(2,3)4)44-25-18-24-39(33-44)46-27-19-28-47-45-26-16-15-23-40(45)34-49(46)47/h9-13,15,17-19,21,23-25,27-30,32,35-37,44H,8,14,16,20,22,26,31,33-34H2,1-7H3/q+1/b12-9-,17-10-. The van der Waals surface area contributed by atoms with Gasteiger partial charge < -0.3 is 0 Å². The number of hydrogen-bond acceptors (Lipinski definition) is 1. The van der Waals surface area contributed by atoms with E-state index in [1.165, 1.54) is 78.7 Å². The van der Waals surface area contributed by atoms with Crippen molar-refractivity contribution in [1.82, 2.24) is 0 Å². The summed E-state index contributed by atoms with van der Waals surface area (Å²) in [6.07, 6.45) is 38.8. The first-order valence-corrected chi connectivity index (χ1v) is 21.6. The van der Waals surface area contributed by atoms with Crippen LogP contribution < -0.4 is 4.90 Å². The molecule has 1 unspecified atom stereocenters. The first kappa shape index (κ1) is 39.0. The number of amidine groups is 1. The van der Waals surface area contributed by atoms with Gasteiger partial charge in [0.15, 0.2) is 7.28 Å². The van der Waals surface area contributed by atoms with Gasteiger partial charge in [-0.3, -0.25) is 0 Å². The summed E-state index contributed by atoms with van der Waals surface area (Å²) in [5.74, 6) is 1.30. The van der Waals surface area contributed by atoms with E-state index in [2.05, 4.69) is 193 Å². The molecule has 8 rings (SSSR count). The van der Waals surface area contributed by atoms with Crippen LogP contribution in [0.3, 0.4) is 0 Å². The van der Waals surface area contributed by atoms with E-state index in [0.29, 0.717) is 0 Å². The Balaban J connectivity index is 1.22. The van der Waals surface area contributed by atoms with E-state index in [4.69, 9.17) is 0 Å². The number of fused-ring (bicyclic) bond motifs is 3. The van der Waals surface area contributed by atoms with Crippen LogP contribution in [-0.4, -0.2) is 30.3 Å². The molecule has 0 fully saturated rings. The molecule has 0 bridgehead atoms. The van der Waals surface area contributed by atoms with Crippen LogP contribution in [0.15, 0.2) is 144 Å². The first-order chi connectivity index (χ1) is 27.5. The average Bonchev–Trinajstić information content (AvgIpc) is 3.58. The minimum absolute atomic E-state index is 0.00681. The van der Waals surface area contributed by atoms with Crippen LogP contribution >= 0.6 is 0 Å². The quantitative estimate of drug-likeness (QED) is 0.114. The van der Waals surface area contributed by atoms with Crippen molar-refractivity contribution in [3.63, 3.8) is 0 Å². The maximum absolute atomic E-state index is 2.72. The fourth-order valence-electron chi connectivity index (χ4n) is 9.20. The van der Waals surface area contributed by atoms with Crippen LogP contribution in [0.4, 0.5) is 5.69 Å². The van der Waals surface area contributed by atoms with Crippen LogP contribution in [0, 0.1) is 0 Å². The molecule has 1 aliphatic heterocycles. The smallest absolute Gasteiger partial charge is 0.231 e. The summed E-state index contributed by atoms with van der Waals surface area (Å²) in [7, 11) is 2.42. The second-order valence-electron chi connectivity index (χ2n) is 18.6. The molecule has 0 spiro atoms. The molecule has 5 aliphatic rings. The first-order valence-electron chi connectivity index (χ1n) is 21.6. The molecule has 0 amide bonds. The van der Waals surface area contributed by atoms with E-state index in [9.17, 15) is 0 Å². The fourth-order valence-corrected chi connectivity index (χ4v) is 9.20. The zero-order chi connectivity index (χ0) is 39.7. The summed E-state index contributed by atoms with van der Waals surface area (Å²) in [6, 6.07) is 19.4. The molecule has 0 aromatic heterocycles. The molecule has 1 heterocycles. The maximum atomic E-state index is 2.72. The molecule has 1 radical (unpaired) electrons. The van der Waals surface area contributed by atoms with Gasteiger partial charge in [-0.05, 0) is 124 Å². The highest BCUT2D eigenvalue weighted by molar-refractivity contribution is 6.56. The highest BCUT2D eigenvalue weighted by Gasteiger charge is 2.41. The number of nitrogens with zero attached hydrogens (tertiary/aromatic N) is 2. The summed E-state index contributed by atoms with van der Waals surface area (Å²) >= 11 is 0. The van der Waals surface area contributed by atoms with Gasteiger partial charge in [-0.2, -0.15) is 0 Å². The third kappa shape index (κ3) is 8.13. The van der Waals surface area contributed by atoms with E-state index in [-0.39, 0.29) is 16.9 Å². The minimum Gasteiger partial charge on any atom is -0.231 e. The van der Waals surface area contributed by atoms with Crippen LogP contribution in [0.2, 0.25) is 6.32 Å². The summed E-state index contributed by atoms with van der Waals surface area (Å²) in [4.78, 5) is 2.72. The zero-order valence-electron chi connectivity index (χ0n) is 35.5. The van der Waals surface area contributed by atoms with Gasteiger partial charge in [-0.15, -0.1) is 0 Å². The molecule has 1 atom stereocenters. The number of anilines is 1. The molecule has 57 heavy (non-hydrogen) atoms. The van der Waals surface area contributed by atoms with Crippen molar-refractivity contribution in [1.29, 1.82) is 0 Å². The SMILES string of the molecule is CC[B]C1=C[N+](C/C=C\C=C/CC2=CC=CCC2)=C1N(c1cc(C(C)(C)C)cc2ccc(C(C)(C)C)cc12)C1C=CC=C(c2cccc3c2CC2=C3CCC=C2)C1. The van der Waals surface area contributed by atoms with Crippen LogP contribution in [0.5, 0.6) is 0 Å². The normalized spacial score (nSPS) is 19.3. The Labute approximate surface area is 344 Å². The molecule has 4 aliphatic carbocycles. The molecule has 3 aromatic rings. The predicted octanol–water partition coefficient (Wildman–Crippen LogP) is 13.5. The van der Waals surface area contributed by atoms with Crippen molar-refractivity contribution in [2.75, 3.05) is 11.4 Å². The van der Waals surface area contributed by atoms with Crippen molar-refractivity contribution in [3.05, 3.63) is 172 Å². The number of benzene rings is 3.